The van der Waals surface area contributed by atoms with E-state index in [1.54, 1.807) is 11.4 Å². The Kier molecular flexibility index (Phi) is 5.05. The van der Waals surface area contributed by atoms with Gasteiger partial charge in [0.2, 0.25) is 0 Å². The lowest BCUT2D eigenvalue weighted by molar-refractivity contribution is -0.141. The van der Waals surface area contributed by atoms with Crippen LogP contribution in [0, 0.1) is 12.7 Å². The third-order valence-electron chi connectivity index (χ3n) is 3.90. The van der Waals surface area contributed by atoms with Crippen molar-refractivity contribution in [2.24, 2.45) is 0 Å². The van der Waals surface area contributed by atoms with Gasteiger partial charge in [-0.25, -0.2) is 9.37 Å². The van der Waals surface area contributed by atoms with Crippen molar-refractivity contribution in [3.05, 3.63) is 58.0 Å². The number of pyridine rings is 1. The number of hydrogen-bond acceptors (Lipinski definition) is 4. The molecule has 0 unspecified atom stereocenters. The third kappa shape index (κ3) is 4.19. The number of carbonyl (C=O) groups is 1. The summed E-state index contributed by atoms with van der Waals surface area (Å²) in [6.45, 7) is 1.37. The Morgan fingerprint density at radius 3 is 2.63 bits per heavy atom. The van der Waals surface area contributed by atoms with Crippen molar-refractivity contribution in [1.29, 1.82) is 0 Å². The number of aromatic nitrogens is 1. The summed E-state index contributed by atoms with van der Waals surface area (Å²) in [5.41, 5.74) is 0.0163. The predicted octanol–water partition coefficient (Wildman–Crippen LogP) is 4.97. The van der Waals surface area contributed by atoms with Gasteiger partial charge in [-0.2, -0.15) is 13.2 Å². The Labute approximate surface area is 155 Å². The Balaban J connectivity index is 1.81. The van der Waals surface area contributed by atoms with Crippen LogP contribution in [-0.2, 0) is 24.0 Å². The first-order valence-electron chi connectivity index (χ1n) is 7.73. The van der Waals surface area contributed by atoms with Crippen LogP contribution >= 0.6 is 11.3 Å². The molecule has 0 aliphatic carbocycles. The molecule has 9 heteroatoms. The highest BCUT2D eigenvalue weighted by atomic mass is 32.1. The molecule has 27 heavy (non-hydrogen) atoms. The van der Waals surface area contributed by atoms with E-state index >= 15 is 0 Å². The van der Waals surface area contributed by atoms with Crippen molar-refractivity contribution in [3.63, 3.8) is 0 Å². The minimum absolute atomic E-state index is 0.0741. The minimum atomic E-state index is -4.52. The zero-order valence-corrected chi connectivity index (χ0v) is 14.7. The summed E-state index contributed by atoms with van der Waals surface area (Å²) in [6, 6.07) is 4.84. The number of aryl methyl sites for hydroxylation is 1. The molecular weight excluding hydrogens is 386 g/mol. The largest absolute Gasteiger partial charge is 0.489 e. The molecule has 0 bridgehead atoms. The Hall–Kier alpha value is -2.68. The second kappa shape index (κ2) is 7.15. The fourth-order valence-corrected chi connectivity index (χ4v) is 3.59. The monoisotopic (exact) mass is 399 g/mol. The summed E-state index contributed by atoms with van der Waals surface area (Å²) >= 11 is 1.19. The van der Waals surface area contributed by atoms with Crippen LogP contribution in [0.2, 0.25) is 0 Å². The molecule has 0 radical (unpaired) electrons. The molecule has 0 spiro atoms. The van der Waals surface area contributed by atoms with E-state index in [0.717, 1.165) is 12.1 Å². The number of nitrogens with zero attached hydrogens (tertiary/aromatic N) is 1. The van der Waals surface area contributed by atoms with E-state index in [1.165, 1.54) is 24.3 Å². The number of carboxylic acid groups (broad SMARTS) is 1. The van der Waals surface area contributed by atoms with Crippen molar-refractivity contribution < 1.29 is 32.2 Å². The fraction of sp³-hybridized carbons (Fsp3) is 0.222. The molecule has 1 aromatic carbocycles. The number of ether oxygens (including phenoxy) is 1. The van der Waals surface area contributed by atoms with E-state index in [2.05, 4.69) is 4.98 Å². The van der Waals surface area contributed by atoms with E-state index in [9.17, 15) is 22.4 Å². The Morgan fingerprint density at radius 2 is 2.00 bits per heavy atom. The van der Waals surface area contributed by atoms with E-state index in [4.69, 9.17) is 9.84 Å². The molecule has 0 saturated carbocycles. The van der Waals surface area contributed by atoms with Crippen molar-refractivity contribution in [3.8, 4) is 5.75 Å². The molecule has 1 N–H and O–H groups in total. The van der Waals surface area contributed by atoms with Crippen LogP contribution in [0.5, 0.6) is 5.75 Å². The quantitative estimate of drug-likeness (QED) is 0.616. The van der Waals surface area contributed by atoms with Gasteiger partial charge in [0.05, 0.1) is 6.42 Å². The van der Waals surface area contributed by atoms with Gasteiger partial charge in [-0.3, -0.25) is 4.79 Å². The fourth-order valence-electron chi connectivity index (χ4n) is 2.59. The van der Waals surface area contributed by atoms with Crippen LogP contribution in [0.3, 0.4) is 0 Å². The number of benzene rings is 1. The lowest BCUT2D eigenvalue weighted by Crippen LogP contribution is -2.10. The van der Waals surface area contributed by atoms with Crippen molar-refractivity contribution in [2.75, 3.05) is 0 Å². The molecule has 2 aromatic heterocycles. The minimum Gasteiger partial charge on any atom is -0.489 e. The van der Waals surface area contributed by atoms with E-state index in [0.29, 0.717) is 15.8 Å². The maximum absolute atomic E-state index is 14.4. The highest BCUT2D eigenvalue weighted by Crippen LogP contribution is 2.33. The maximum atomic E-state index is 14.4. The summed E-state index contributed by atoms with van der Waals surface area (Å²) in [5, 5.41) is 10.7. The van der Waals surface area contributed by atoms with Gasteiger partial charge in [0.25, 0.3) is 0 Å². The van der Waals surface area contributed by atoms with Crippen LogP contribution in [0.1, 0.15) is 22.5 Å². The van der Waals surface area contributed by atoms with Gasteiger partial charge in [0.15, 0.2) is 0 Å². The number of fused-ring (bicyclic) bond motifs is 1. The molecule has 0 aliphatic heterocycles. The zero-order chi connectivity index (χ0) is 19.8. The van der Waals surface area contributed by atoms with Gasteiger partial charge in [0, 0.05) is 27.4 Å². The summed E-state index contributed by atoms with van der Waals surface area (Å²) in [7, 11) is 0. The lowest BCUT2D eigenvalue weighted by Gasteiger charge is -2.11. The first-order valence-corrected chi connectivity index (χ1v) is 8.61. The first-order chi connectivity index (χ1) is 12.6. The topological polar surface area (TPSA) is 59.4 Å². The third-order valence-corrected chi connectivity index (χ3v) is 4.88. The molecule has 4 nitrogen and oxygen atoms in total. The first kappa shape index (κ1) is 19.1. The van der Waals surface area contributed by atoms with Crippen LogP contribution in [0.25, 0.3) is 10.1 Å². The van der Waals surface area contributed by atoms with Crippen LogP contribution in [0.4, 0.5) is 17.6 Å². The van der Waals surface area contributed by atoms with E-state index in [1.807, 2.05) is 0 Å². The van der Waals surface area contributed by atoms with Crippen molar-refractivity contribution in [2.45, 2.75) is 26.1 Å². The number of aliphatic carboxylic acids is 1. The van der Waals surface area contributed by atoms with Gasteiger partial charge < -0.3 is 9.84 Å². The average molecular weight is 399 g/mol. The molecule has 3 aromatic rings. The molecule has 142 valence electrons. The lowest BCUT2D eigenvalue weighted by atomic mass is 10.1. The van der Waals surface area contributed by atoms with E-state index < -0.39 is 23.7 Å². The van der Waals surface area contributed by atoms with Crippen LogP contribution in [0.15, 0.2) is 29.6 Å². The number of rotatable bonds is 5. The summed E-state index contributed by atoms with van der Waals surface area (Å²) in [4.78, 5) is 14.4. The molecule has 0 aliphatic rings. The smallest absolute Gasteiger partial charge is 0.433 e. The standard InChI is InChI=1S/C18H13F4NO3S/c1-9-10(2-3-15(23-9)18(20,21)22)7-26-12-5-13(19)17-11(4-16(24)25)8-27-14(17)6-12/h2-3,5-6,8H,4,7H2,1H3,(H,24,25). The van der Waals surface area contributed by atoms with Crippen molar-refractivity contribution in [1.82, 2.24) is 4.98 Å². The molecule has 2 heterocycles. The summed E-state index contributed by atoms with van der Waals surface area (Å²) < 4.78 is 58.4. The van der Waals surface area contributed by atoms with Crippen molar-refractivity contribution >= 4 is 27.4 Å². The van der Waals surface area contributed by atoms with Crippen LogP contribution in [-0.4, -0.2) is 16.1 Å². The number of hydrogen-bond donors (Lipinski definition) is 1. The number of halogens is 4. The maximum Gasteiger partial charge on any atom is 0.433 e. The number of alkyl halides is 3. The summed E-state index contributed by atoms with van der Waals surface area (Å²) in [6.07, 6.45) is -4.81. The normalized spacial score (nSPS) is 11.7. The second-order valence-electron chi connectivity index (χ2n) is 5.84. The number of carboxylic acids is 1. The van der Waals surface area contributed by atoms with Gasteiger partial charge in [-0.05, 0) is 30.0 Å². The molecule has 0 amide bonds. The van der Waals surface area contributed by atoms with Gasteiger partial charge in [0.1, 0.15) is 23.9 Å². The second-order valence-corrected chi connectivity index (χ2v) is 6.75. The van der Waals surface area contributed by atoms with Gasteiger partial charge >= 0.3 is 12.1 Å². The van der Waals surface area contributed by atoms with Gasteiger partial charge in [-0.15, -0.1) is 11.3 Å². The molecule has 3 rings (SSSR count). The highest BCUT2D eigenvalue weighted by molar-refractivity contribution is 7.17. The average Bonchev–Trinajstić information content (AvgIpc) is 2.95. The SMILES string of the molecule is Cc1nc(C(F)(F)F)ccc1COc1cc(F)c2c(CC(=O)O)csc2c1. The zero-order valence-electron chi connectivity index (χ0n) is 13.9. The van der Waals surface area contributed by atoms with Gasteiger partial charge in [-0.1, -0.05) is 6.07 Å². The number of thiophene rings is 1. The molecular formula is C18H13F4NO3S. The Morgan fingerprint density at radius 1 is 1.26 bits per heavy atom. The Bertz CT molecular complexity index is 1010. The van der Waals surface area contributed by atoms with Crippen LogP contribution < -0.4 is 4.74 Å². The molecule has 0 atom stereocenters. The summed E-state index contributed by atoms with van der Waals surface area (Å²) in [5.74, 6) is -1.47. The predicted molar refractivity (Wildman–Crippen MR) is 91.4 cm³/mol. The highest BCUT2D eigenvalue weighted by Gasteiger charge is 2.32. The van der Waals surface area contributed by atoms with E-state index in [-0.39, 0.29) is 29.9 Å². The molecule has 0 fully saturated rings. The molecule has 0 saturated heterocycles.